The predicted octanol–water partition coefficient (Wildman–Crippen LogP) is 2.66. The molecule has 1 atom stereocenters. The van der Waals surface area contributed by atoms with E-state index in [1.165, 1.54) is 6.07 Å². The zero-order chi connectivity index (χ0) is 16.4. The molecule has 1 aromatic carbocycles. The van der Waals surface area contributed by atoms with E-state index in [1.807, 2.05) is 4.90 Å². The lowest BCUT2D eigenvalue weighted by Gasteiger charge is -2.33. The number of hydrogen-bond acceptors (Lipinski definition) is 2. The molecular formula is C17H22FN3O2. The van der Waals surface area contributed by atoms with Gasteiger partial charge < -0.3 is 15.5 Å². The van der Waals surface area contributed by atoms with Crippen molar-refractivity contribution in [3.8, 4) is 0 Å². The number of halogens is 1. The van der Waals surface area contributed by atoms with Crippen LogP contribution in [0, 0.1) is 18.7 Å². The maximum Gasteiger partial charge on any atom is 0.319 e. The lowest BCUT2D eigenvalue weighted by atomic mass is 10.1. The number of piperidine rings is 1. The molecule has 0 spiro atoms. The molecular weight excluding hydrogens is 297 g/mol. The molecule has 0 bridgehead atoms. The number of carbonyl (C=O) groups excluding carboxylic acids is 2. The number of carbonyl (C=O) groups is 2. The number of hydrogen-bond donors (Lipinski definition) is 2. The highest BCUT2D eigenvalue weighted by molar-refractivity contribution is 5.89. The number of rotatable bonds is 3. The van der Waals surface area contributed by atoms with Gasteiger partial charge in [0.05, 0.1) is 0 Å². The Hall–Kier alpha value is -2.11. The Bertz CT molecular complexity index is 616. The van der Waals surface area contributed by atoms with Gasteiger partial charge in [-0.3, -0.25) is 4.79 Å². The molecule has 0 aromatic heterocycles. The van der Waals surface area contributed by atoms with Crippen LogP contribution in [0.25, 0.3) is 0 Å². The van der Waals surface area contributed by atoms with Gasteiger partial charge in [-0.1, -0.05) is 6.07 Å². The smallest absolute Gasteiger partial charge is 0.319 e. The maximum absolute atomic E-state index is 13.5. The molecule has 2 N–H and O–H groups in total. The van der Waals surface area contributed by atoms with Gasteiger partial charge in [0.1, 0.15) is 5.82 Å². The van der Waals surface area contributed by atoms with E-state index >= 15 is 0 Å². The molecule has 124 valence electrons. The van der Waals surface area contributed by atoms with Crippen molar-refractivity contribution in [2.24, 2.45) is 5.92 Å². The Kier molecular flexibility index (Phi) is 4.50. The Balaban J connectivity index is 1.52. The highest BCUT2D eigenvalue weighted by Crippen LogP contribution is 2.31. The van der Waals surface area contributed by atoms with Crippen LogP contribution in [0.5, 0.6) is 0 Å². The van der Waals surface area contributed by atoms with E-state index in [0.29, 0.717) is 17.8 Å². The van der Waals surface area contributed by atoms with Crippen LogP contribution in [-0.4, -0.2) is 36.0 Å². The predicted molar refractivity (Wildman–Crippen MR) is 85.6 cm³/mol. The SMILES string of the molecule is Cc1ccc(NC(=O)N[C@@H]2CCCN(C(=O)C3CC3)C2)cc1F. The van der Waals surface area contributed by atoms with Crippen molar-refractivity contribution in [3.05, 3.63) is 29.6 Å². The highest BCUT2D eigenvalue weighted by atomic mass is 19.1. The minimum Gasteiger partial charge on any atom is -0.340 e. The summed E-state index contributed by atoms with van der Waals surface area (Å²) in [6, 6.07) is 4.18. The topological polar surface area (TPSA) is 61.4 Å². The lowest BCUT2D eigenvalue weighted by Crippen LogP contribution is -2.50. The van der Waals surface area contributed by atoms with Crippen LogP contribution in [0.1, 0.15) is 31.2 Å². The molecule has 0 unspecified atom stereocenters. The second kappa shape index (κ2) is 6.56. The van der Waals surface area contributed by atoms with Crippen LogP contribution < -0.4 is 10.6 Å². The van der Waals surface area contributed by atoms with Crippen molar-refractivity contribution in [1.82, 2.24) is 10.2 Å². The molecule has 23 heavy (non-hydrogen) atoms. The summed E-state index contributed by atoms with van der Waals surface area (Å²) >= 11 is 0. The molecule has 1 aromatic rings. The number of anilines is 1. The number of amides is 3. The second-order valence-electron chi connectivity index (χ2n) is 6.46. The minimum absolute atomic E-state index is 0.0539. The zero-order valence-electron chi connectivity index (χ0n) is 13.3. The van der Waals surface area contributed by atoms with Crippen LogP contribution in [0.4, 0.5) is 14.9 Å². The first kappa shape index (κ1) is 15.8. The Morgan fingerprint density at radius 2 is 2.04 bits per heavy atom. The lowest BCUT2D eigenvalue weighted by molar-refractivity contribution is -0.133. The largest absolute Gasteiger partial charge is 0.340 e. The van der Waals surface area contributed by atoms with Gasteiger partial charge in [-0.05, 0) is 50.3 Å². The molecule has 3 rings (SSSR count). The fourth-order valence-corrected chi connectivity index (χ4v) is 2.91. The summed E-state index contributed by atoms with van der Waals surface area (Å²) in [5, 5.41) is 5.52. The van der Waals surface area contributed by atoms with Gasteiger partial charge in [0, 0.05) is 30.7 Å². The molecule has 3 amide bonds. The number of nitrogens with zero attached hydrogens (tertiary/aromatic N) is 1. The quantitative estimate of drug-likeness (QED) is 0.900. The molecule has 1 aliphatic carbocycles. The zero-order valence-corrected chi connectivity index (χ0v) is 13.3. The van der Waals surface area contributed by atoms with Crippen LogP contribution in [0.2, 0.25) is 0 Å². The van der Waals surface area contributed by atoms with Crippen LogP contribution in [0.15, 0.2) is 18.2 Å². The van der Waals surface area contributed by atoms with E-state index in [9.17, 15) is 14.0 Å². The van der Waals surface area contributed by atoms with Gasteiger partial charge in [-0.25, -0.2) is 9.18 Å². The van der Waals surface area contributed by atoms with Crippen LogP contribution in [-0.2, 0) is 4.79 Å². The van der Waals surface area contributed by atoms with E-state index in [1.54, 1.807) is 19.1 Å². The van der Waals surface area contributed by atoms with Gasteiger partial charge in [-0.2, -0.15) is 0 Å². The summed E-state index contributed by atoms with van der Waals surface area (Å²) in [5.74, 6) is 0.0808. The Labute approximate surface area is 135 Å². The van der Waals surface area contributed by atoms with Crippen molar-refractivity contribution in [3.63, 3.8) is 0 Å². The average Bonchev–Trinajstić information content (AvgIpc) is 3.35. The average molecular weight is 319 g/mol. The van der Waals surface area contributed by atoms with Gasteiger partial charge in [0.15, 0.2) is 0 Å². The number of aryl methyl sites for hydroxylation is 1. The molecule has 1 saturated heterocycles. The molecule has 2 fully saturated rings. The van der Waals surface area contributed by atoms with Crippen LogP contribution in [0.3, 0.4) is 0 Å². The summed E-state index contributed by atoms with van der Waals surface area (Å²) < 4.78 is 13.5. The molecule has 6 heteroatoms. The van der Waals surface area contributed by atoms with Crippen molar-refractivity contribution >= 4 is 17.6 Å². The monoisotopic (exact) mass is 319 g/mol. The first-order chi connectivity index (χ1) is 11.0. The number of benzene rings is 1. The normalized spacial score (nSPS) is 21.0. The van der Waals surface area contributed by atoms with Crippen molar-refractivity contribution in [2.45, 2.75) is 38.6 Å². The molecule has 1 saturated carbocycles. The molecule has 1 aliphatic heterocycles. The summed E-state index contributed by atoms with van der Waals surface area (Å²) in [4.78, 5) is 26.0. The van der Waals surface area contributed by atoms with E-state index in [-0.39, 0.29) is 29.7 Å². The van der Waals surface area contributed by atoms with Crippen molar-refractivity contribution in [2.75, 3.05) is 18.4 Å². The molecule has 5 nitrogen and oxygen atoms in total. The summed E-state index contributed by atoms with van der Waals surface area (Å²) in [6.07, 6.45) is 3.73. The third-order valence-electron chi connectivity index (χ3n) is 4.42. The first-order valence-electron chi connectivity index (χ1n) is 8.15. The van der Waals surface area contributed by atoms with Gasteiger partial charge in [0.25, 0.3) is 0 Å². The van der Waals surface area contributed by atoms with Crippen LogP contribution >= 0.6 is 0 Å². The number of nitrogens with one attached hydrogen (secondary N) is 2. The second-order valence-corrected chi connectivity index (χ2v) is 6.46. The van der Waals surface area contributed by atoms with E-state index in [0.717, 1.165) is 32.2 Å². The van der Waals surface area contributed by atoms with Gasteiger partial charge in [-0.15, -0.1) is 0 Å². The summed E-state index contributed by atoms with van der Waals surface area (Å²) in [5.41, 5.74) is 0.963. The van der Waals surface area contributed by atoms with Gasteiger partial charge >= 0.3 is 6.03 Å². The summed E-state index contributed by atoms with van der Waals surface area (Å²) in [7, 11) is 0. The molecule has 1 heterocycles. The van der Waals surface area contributed by atoms with Gasteiger partial charge in [0.2, 0.25) is 5.91 Å². The van der Waals surface area contributed by atoms with E-state index < -0.39 is 0 Å². The summed E-state index contributed by atoms with van der Waals surface area (Å²) in [6.45, 7) is 3.01. The van der Waals surface area contributed by atoms with Crippen molar-refractivity contribution < 1.29 is 14.0 Å². The standard InChI is InChI=1S/C17H22FN3O2/c1-11-4-7-13(9-15(11)18)19-17(23)20-14-3-2-8-21(10-14)16(22)12-5-6-12/h4,7,9,12,14H,2-3,5-6,8,10H2,1H3,(H2,19,20,23)/t14-/m1/s1. The fraction of sp³-hybridized carbons (Fsp3) is 0.529. The first-order valence-corrected chi connectivity index (χ1v) is 8.15. The van der Waals surface area contributed by atoms with E-state index in [4.69, 9.17) is 0 Å². The minimum atomic E-state index is -0.362. The fourth-order valence-electron chi connectivity index (χ4n) is 2.91. The maximum atomic E-state index is 13.5. The third kappa shape index (κ3) is 4.00. The number of likely N-dealkylation sites (tertiary alicyclic amines) is 1. The third-order valence-corrected chi connectivity index (χ3v) is 4.42. The van der Waals surface area contributed by atoms with Crippen molar-refractivity contribution in [1.29, 1.82) is 0 Å². The van der Waals surface area contributed by atoms with E-state index in [2.05, 4.69) is 10.6 Å². The Morgan fingerprint density at radius 1 is 1.26 bits per heavy atom. The molecule has 2 aliphatic rings. The molecule has 0 radical (unpaired) electrons. The number of urea groups is 1. The highest BCUT2D eigenvalue weighted by Gasteiger charge is 2.35. The Morgan fingerprint density at radius 3 is 2.74 bits per heavy atom.